The Kier molecular flexibility index (Phi) is 2.65. The van der Waals surface area contributed by atoms with Crippen LogP contribution in [0.5, 0.6) is 0 Å². The van der Waals surface area contributed by atoms with Crippen LogP contribution in [0.2, 0.25) is 0 Å². The van der Waals surface area contributed by atoms with Gasteiger partial charge in [0.2, 0.25) is 5.91 Å². The maximum atomic E-state index is 11.9. The minimum atomic E-state index is -1.80. The largest absolute Gasteiger partial charge is 0.376 e. The van der Waals surface area contributed by atoms with Crippen LogP contribution in [0.15, 0.2) is 0 Å². The highest BCUT2D eigenvalue weighted by Crippen LogP contribution is 2.40. The smallest absolute Gasteiger partial charge is 0.222 e. The summed E-state index contributed by atoms with van der Waals surface area (Å²) in [7, 11) is 1.67. The number of hydrogen-bond acceptors (Lipinski definition) is 2. The van der Waals surface area contributed by atoms with E-state index in [1.54, 1.807) is 12.0 Å². The van der Waals surface area contributed by atoms with Crippen molar-refractivity contribution < 1.29 is 12.3 Å². The van der Waals surface area contributed by atoms with Gasteiger partial charge in [-0.15, -0.1) is 0 Å². The van der Waals surface area contributed by atoms with E-state index in [0.717, 1.165) is 6.42 Å². The van der Waals surface area contributed by atoms with Gasteiger partial charge in [0.15, 0.2) is 0 Å². The van der Waals surface area contributed by atoms with Crippen LogP contribution in [0, 0.1) is 5.41 Å². The number of methoxy groups -OCH3 is 1. The van der Waals surface area contributed by atoms with Crippen LogP contribution in [0.4, 0.5) is 0 Å². The van der Waals surface area contributed by atoms with Gasteiger partial charge in [0.05, 0.1) is 12.1 Å². The van der Waals surface area contributed by atoms with E-state index in [0.29, 0.717) is 13.1 Å². The molecule has 0 aliphatic carbocycles. The van der Waals surface area contributed by atoms with Crippen LogP contribution in [0.25, 0.3) is 0 Å². The Morgan fingerprint density at radius 2 is 2.20 bits per heavy atom. The van der Waals surface area contributed by atoms with Gasteiger partial charge >= 0.3 is 0 Å². The summed E-state index contributed by atoms with van der Waals surface area (Å²) < 4.78 is 20.6. The SMILES string of the molecule is [2H]C([2H])(C)C(=O)N1CCC(OC)(C(C)(C)C)C1. The summed E-state index contributed by atoms with van der Waals surface area (Å²) >= 11 is 0. The fraction of sp³-hybridized carbons (Fsp3) is 0.917. The first kappa shape index (κ1) is 9.64. The third-order valence-electron chi connectivity index (χ3n) is 3.49. The zero-order valence-electron chi connectivity index (χ0n) is 12.4. The molecule has 0 saturated carbocycles. The lowest BCUT2D eigenvalue weighted by Crippen LogP contribution is -2.47. The van der Waals surface area contributed by atoms with Crippen molar-refractivity contribution in [3.05, 3.63) is 0 Å². The lowest BCUT2D eigenvalue weighted by atomic mass is 9.75. The highest BCUT2D eigenvalue weighted by atomic mass is 16.5. The Morgan fingerprint density at radius 1 is 1.60 bits per heavy atom. The van der Waals surface area contributed by atoms with E-state index in [4.69, 9.17) is 7.48 Å². The maximum Gasteiger partial charge on any atom is 0.222 e. The second-order valence-corrected chi connectivity index (χ2v) is 5.18. The number of ether oxygens (including phenoxy) is 1. The van der Waals surface area contributed by atoms with Gasteiger partial charge in [0.25, 0.3) is 0 Å². The van der Waals surface area contributed by atoms with E-state index in [9.17, 15) is 4.79 Å². The lowest BCUT2D eigenvalue weighted by molar-refractivity contribution is -0.133. The molecular weight excluding hydrogens is 190 g/mol. The monoisotopic (exact) mass is 215 g/mol. The van der Waals surface area contributed by atoms with Crippen LogP contribution >= 0.6 is 0 Å². The van der Waals surface area contributed by atoms with Gasteiger partial charge in [-0.3, -0.25) is 4.79 Å². The van der Waals surface area contributed by atoms with Gasteiger partial charge in [-0.1, -0.05) is 27.7 Å². The highest BCUT2D eigenvalue weighted by molar-refractivity contribution is 5.76. The first-order chi connectivity index (χ1) is 7.53. The molecule has 3 heteroatoms. The van der Waals surface area contributed by atoms with Crippen molar-refractivity contribution in [1.29, 1.82) is 0 Å². The van der Waals surface area contributed by atoms with Gasteiger partial charge in [0.1, 0.15) is 0 Å². The molecular formula is C12H23NO2. The van der Waals surface area contributed by atoms with E-state index >= 15 is 0 Å². The molecule has 1 fully saturated rings. The second kappa shape index (κ2) is 4.12. The molecule has 1 aliphatic rings. The Hall–Kier alpha value is -0.570. The zero-order chi connectivity index (χ0) is 13.5. The predicted octanol–water partition coefficient (Wildman–Crippen LogP) is 2.06. The predicted molar refractivity (Wildman–Crippen MR) is 60.7 cm³/mol. The topological polar surface area (TPSA) is 29.5 Å². The van der Waals surface area contributed by atoms with Crippen LogP contribution in [0.3, 0.4) is 0 Å². The van der Waals surface area contributed by atoms with Gasteiger partial charge in [0, 0.05) is 22.8 Å². The number of hydrogen-bond donors (Lipinski definition) is 0. The molecule has 1 aliphatic heterocycles. The van der Waals surface area contributed by atoms with Crippen molar-refractivity contribution in [2.24, 2.45) is 5.41 Å². The minimum absolute atomic E-state index is 0.0722. The van der Waals surface area contributed by atoms with Crippen LogP contribution < -0.4 is 0 Å². The van der Waals surface area contributed by atoms with Gasteiger partial charge in [-0.25, -0.2) is 0 Å². The molecule has 88 valence electrons. The summed E-state index contributed by atoms with van der Waals surface area (Å²) in [6.45, 7) is 8.61. The quantitative estimate of drug-likeness (QED) is 0.705. The standard InChI is InChI=1S/C12H23NO2/c1-6-10(14)13-8-7-12(9-13,15-5)11(2,3)4/h6-9H2,1-5H3/i6D2. The first-order valence-electron chi connectivity index (χ1n) is 6.38. The molecule has 1 saturated heterocycles. The number of amides is 1. The summed E-state index contributed by atoms with van der Waals surface area (Å²) in [5.74, 6) is -0.444. The Balaban J connectivity index is 2.86. The van der Waals surface area contributed by atoms with E-state index in [1.165, 1.54) is 6.92 Å². The Morgan fingerprint density at radius 3 is 2.53 bits per heavy atom. The molecule has 0 bridgehead atoms. The van der Waals surface area contributed by atoms with Crippen LogP contribution in [-0.2, 0) is 9.53 Å². The molecule has 1 rings (SSSR count). The summed E-state index contributed by atoms with van der Waals surface area (Å²) in [5.41, 5.74) is -0.439. The van der Waals surface area contributed by atoms with Gasteiger partial charge in [-0.2, -0.15) is 0 Å². The second-order valence-electron chi connectivity index (χ2n) is 5.18. The first-order valence-corrected chi connectivity index (χ1v) is 5.38. The molecule has 1 atom stereocenters. The third-order valence-corrected chi connectivity index (χ3v) is 3.49. The highest BCUT2D eigenvalue weighted by Gasteiger charge is 2.48. The van der Waals surface area contributed by atoms with Crippen molar-refractivity contribution in [2.45, 2.75) is 46.1 Å². The molecule has 0 radical (unpaired) electrons. The molecule has 1 amide bonds. The van der Waals surface area contributed by atoms with Crippen LogP contribution in [-0.4, -0.2) is 36.6 Å². The molecule has 0 aromatic heterocycles. The minimum Gasteiger partial charge on any atom is -0.376 e. The zero-order valence-corrected chi connectivity index (χ0v) is 10.4. The normalized spacial score (nSPS) is 30.1. The number of carbonyl (C=O) groups is 1. The third kappa shape index (κ3) is 2.17. The van der Waals surface area contributed by atoms with E-state index < -0.39 is 12.3 Å². The Bertz CT molecular complexity index is 307. The molecule has 3 nitrogen and oxygen atoms in total. The fourth-order valence-corrected chi connectivity index (χ4v) is 2.20. The van der Waals surface area contributed by atoms with Crippen molar-refractivity contribution in [1.82, 2.24) is 4.90 Å². The van der Waals surface area contributed by atoms with Crippen molar-refractivity contribution in [3.8, 4) is 0 Å². The maximum absolute atomic E-state index is 11.9. The molecule has 0 aromatic rings. The van der Waals surface area contributed by atoms with Crippen molar-refractivity contribution >= 4 is 5.91 Å². The molecule has 0 N–H and O–H groups in total. The number of nitrogens with zero attached hydrogens (tertiary/aromatic N) is 1. The average Bonchev–Trinajstić information content (AvgIpc) is 2.59. The van der Waals surface area contributed by atoms with E-state index in [1.807, 2.05) is 0 Å². The number of likely N-dealkylation sites (tertiary alicyclic amines) is 1. The fourth-order valence-electron chi connectivity index (χ4n) is 2.20. The average molecular weight is 215 g/mol. The molecule has 15 heavy (non-hydrogen) atoms. The summed E-state index contributed by atoms with van der Waals surface area (Å²) in [6.07, 6.45) is -1.05. The lowest BCUT2D eigenvalue weighted by Gasteiger charge is -2.40. The number of carbonyl (C=O) groups excluding carboxylic acids is 1. The summed E-state index contributed by atoms with van der Waals surface area (Å²) in [4.78, 5) is 13.5. The summed E-state index contributed by atoms with van der Waals surface area (Å²) in [6, 6.07) is 0. The van der Waals surface area contributed by atoms with E-state index in [-0.39, 0.29) is 11.0 Å². The van der Waals surface area contributed by atoms with Gasteiger partial charge < -0.3 is 9.64 Å². The van der Waals surface area contributed by atoms with Crippen molar-refractivity contribution in [2.75, 3.05) is 20.2 Å². The van der Waals surface area contributed by atoms with Crippen LogP contribution in [0.1, 0.15) is 43.2 Å². The van der Waals surface area contributed by atoms with Gasteiger partial charge in [-0.05, 0) is 11.8 Å². The number of rotatable bonds is 2. The van der Waals surface area contributed by atoms with E-state index in [2.05, 4.69) is 20.8 Å². The molecule has 0 aromatic carbocycles. The van der Waals surface area contributed by atoms with Crippen molar-refractivity contribution in [3.63, 3.8) is 0 Å². The molecule has 1 unspecified atom stereocenters. The summed E-state index contributed by atoms with van der Waals surface area (Å²) in [5, 5.41) is 0. The molecule has 1 heterocycles. The molecule has 0 spiro atoms. The Labute approximate surface area is 95.6 Å².